The van der Waals surface area contributed by atoms with Crippen LogP contribution in [0.1, 0.15) is 18.6 Å². The summed E-state index contributed by atoms with van der Waals surface area (Å²) in [5, 5.41) is 9.64. The maximum atomic E-state index is 13.5. The van der Waals surface area contributed by atoms with Crippen LogP contribution in [-0.2, 0) is 0 Å². The van der Waals surface area contributed by atoms with Crippen molar-refractivity contribution in [1.29, 1.82) is 0 Å². The van der Waals surface area contributed by atoms with Crippen LogP contribution < -0.4 is 0 Å². The predicted molar refractivity (Wildman–Crippen MR) is 67.6 cm³/mol. The second-order valence-electron chi connectivity index (χ2n) is 3.75. The molecule has 2 rings (SSSR count). The highest BCUT2D eigenvalue weighted by molar-refractivity contribution is 7.99. The molecule has 0 unspecified atom stereocenters. The molecule has 0 saturated carbocycles. The van der Waals surface area contributed by atoms with Crippen LogP contribution in [0, 0.1) is 5.82 Å². The van der Waals surface area contributed by atoms with Gasteiger partial charge >= 0.3 is 0 Å². The number of aliphatic hydroxyl groups is 1. The molecule has 0 aromatic heterocycles. The van der Waals surface area contributed by atoms with E-state index in [1.807, 2.05) is 24.3 Å². The molecule has 17 heavy (non-hydrogen) atoms. The van der Waals surface area contributed by atoms with Crippen LogP contribution in [0.5, 0.6) is 0 Å². The molecule has 0 heterocycles. The molecule has 0 radical (unpaired) electrons. The van der Waals surface area contributed by atoms with E-state index >= 15 is 0 Å². The number of halogens is 1. The van der Waals surface area contributed by atoms with Gasteiger partial charge in [0.2, 0.25) is 0 Å². The van der Waals surface area contributed by atoms with Crippen molar-refractivity contribution in [3.05, 3.63) is 59.9 Å². The van der Waals surface area contributed by atoms with Crippen molar-refractivity contribution < 1.29 is 9.50 Å². The molecule has 1 nitrogen and oxygen atoms in total. The summed E-state index contributed by atoms with van der Waals surface area (Å²) in [6.07, 6.45) is -0.550. The quantitative estimate of drug-likeness (QED) is 0.885. The molecule has 0 spiro atoms. The summed E-state index contributed by atoms with van der Waals surface area (Å²) in [5.74, 6) is -0.238. The molecule has 0 bridgehead atoms. The Labute approximate surface area is 104 Å². The monoisotopic (exact) mass is 248 g/mol. The van der Waals surface area contributed by atoms with Gasteiger partial charge in [0.1, 0.15) is 5.82 Å². The molecule has 0 aliphatic carbocycles. The minimum absolute atomic E-state index is 0.238. The maximum absolute atomic E-state index is 13.5. The predicted octanol–water partition coefficient (Wildman–Crippen LogP) is 4.03. The number of aliphatic hydroxyl groups excluding tert-OH is 1. The second kappa shape index (κ2) is 5.34. The van der Waals surface area contributed by atoms with Crippen molar-refractivity contribution >= 4 is 11.8 Å². The topological polar surface area (TPSA) is 20.2 Å². The van der Waals surface area contributed by atoms with Gasteiger partial charge in [-0.25, -0.2) is 4.39 Å². The lowest BCUT2D eigenvalue weighted by atomic mass is 10.1. The molecule has 0 aliphatic heterocycles. The van der Waals surface area contributed by atoms with E-state index in [2.05, 4.69) is 0 Å². The summed E-state index contributed by atoms with van der Waals surface area (Å²) < 4.78 is 13.5. The van der Waals surface area contributed by atoms with E-state index in [0.717, 1.165) is 10.5 Å². The Balaban J connectivity index is 2.34. The van der Waals surface area contributed by atoms with Gasteiger partial charge in [-0.15, -0.1) is 0 Å². The number of rotatable bonds is 3. The van der Waals surface area contributed by atoms with Crippen molar-refractivity contribution in [2.75, 3.05) is 0 Å². The van der Waals surface area contributed by atoms with Crippen LogP contribution in [0.4, 0.5) is 4.39 Å². The number of hydrogen-bond donors (Lipinski definition) is 1. The average molecular weight is 248 g/mol. The fourth-order valence-electron chi connectivity index (χ4n) is 1.56. The van der Waals surface area contributed by atoms with Gasteiger partial charge in [-0.1, -0.05) is 42.1 Å². The van der Waals surface area contributed by atoms with Crippen LogP contribution in [-0.4, -0.2) is 5.11 Å². The lowest BCUT2D eigenvalue weighted by molar-refractivity contribution is 0.196. The molecule has 3 heteroatoms. The molecular weight excluding hydrogens is 235 g/mol. The van der Waals surface area contributed by atoms with Gasteiger partial charge < -0.3 is 5.11 Å². The first-order valence-corrected chi connectivity index (χ1v) is 6.19. The van der Waals surface area contributed by atoms with Gasteiger partial charge in [0, 0.05) is 9.79 Å². The van der Waals surface area contributed by atoms with Crippen LogP contribution >= 0.6 is 11.8 Å². The van der Waals surface area contributed by atoms with Crippen LogP contribution in [0.3, 0.4) is 0 Å². The summed E-state index contributed by atoms with van der Waals surface area (Å²) in [7, 11) is 0. The summed E-state index contributed by atoms with van der Waals surface area (Å²) in [6.45, 7) is 1.71. The first-order chi connectivity index (χ1) is 8.18. The Bertz CT molecular complexity index is 511. The lowest BCUT2D eigenvalue weighted by Gasteiger charge is -2.11. The molecule has 0 amide bonds. The molecule has 1 N–H and O–H groups in total. The van der Waals surface area contributed by atoms with E-state index < -0.39 is 6.10 Å². The largest absolute Gasteiger partial charge is 0.389 e. The average Bonchev–Trinajstić information content (AvgIpc) is 2.32. The van der Waals surface area contributed by atoms with E-state index in [1.54, 1.807) is 25.1 Å². The van der Waals surface area contributed by atoms with Gasteiger partial charge in [-0.05, 0) is 30.7 Å². The zero-order valence-corrected chi connectivity index (χ0v) is 10.2. The van der Waals surface area contributed by atoms with E-state index in [9.17, 15) is 9.50 Å². The normalized spacial score (nSPS) is 12.4. The minimum atomic E-state index is -0.550. The minimum Gasteiger partial charge on any atom is -0.389 e. The molecule has 2 aromatic rings. The smallest absolute Gasteiger partial charge is 0.137 e. The highest BCUT2D eigenvalue weighted by Gasteiger charge is 2.10. The summed E-state index contributed by atoms with van der Waals surface area (Å²) in [6, 6.07) is 14.1. The Morgan fingerprint density at radius 1 is 1.00 bits per heavy atom. The second-order valence-corrected chi connectivity index (χ2v) is 4.83. The Morgan fingerprint density at radius 2 is 1.59 bits per heavy atom. The van der Waals surface area contributed by atoms with Gasteiger partial charge in [-0.3, -0.25) is 0 Å². The molecule has 1 atom stereocenters. The van der Waals surface area contributed by atoms with Crippen molar-refractivity contribution in [2.24, 2.45) is 0 Å². The van der Waals surface area contributed by atoms with E-state index in [4.69, 9.17) is 0 Å². The molecule has 88 valence electrons. The van der Waals surface area contributed by atoms with Crippen molar-refractivity contribution in [1.82, 2.24) is 0 Å². The van der Waals surface area contributed by atoms with Gasteiger partial charge in [0.25, 0.3) is 0 Å². The highest BCUT2D eigenvalue weighted by Crippen LogP contribution is 2.34. The van der Waals surface area contributed by atoms with E-state index in [1.165, 1.54) is 17.8 Å². The molecule has 0 saturated heterocycles. The zero-order chi connectivity index (χ0) is 12.3. The molecule has 0 aliphatic rings. The number of hydrogen-bond acceptors (Lipinski definition) is 2. The Hall–Kier alpha value is -1.32. The zero-order valence-electron chi connectivity index (χ0n) is 9.43. The van der Waals surface area contributed by atoms with Crippen molar-refractivity contribution in [2.45, 2.75) is 22.8 Å². The van der Waals surface area contributed by atoms with Crippen molar-refractivity contribution in [3.8, 4) is 0 Å². The molecule has 0 fully saturated rings. The Morgan fingerprint density at radius 3 is 2.24 bits per heavy atom. The lowest BCUT2D eigenvalue weighted by Crippen LogP contribution is -1.93. The summed E-state index contributed by atoms with van der Waals surface area (Å²) in [5.41, 5.74) is 0.820. The van der Waals surface area contributed by atoms with Crippen LogP contribution in [0.25, 0.3) is 0 Å². The van der Waals surface area contributed by atoms with E-state index in [-0.39, 0.29) is 5.82 Å². The number of benzene rings is 2. The summed E-state index contributed by atoms with van der Waals surface area (Å²) in [4.78, 5) is 1.45. The van der Waals surface area contributed by atoms with Gasteiger partial charge in [-0.2, -0.15) is 0 Å². The Kier molecular flexibility index (Phi) is 3.82. The fourth-order valence-corrected chi connectivity index (χ4v) is 2.62. The van der Waals surface area contributed by atoms with Crippen LogP contribution in [0.15, 0.2) is 58.3 Å². The fraction of sp³-hybridized carbons (Fsp3) is 0.143. The third-order valence-corrected chi connectivity index (χ3v) is 3.57. The summed E-state index contributed by atoms with van der Waals surface area (Å²) >= 11 is 1.33. The molecular formula is C14H13FOS. The van der Waals surface area contributed by atoms with Crippen LogP contribution in [0.2, 0.25) is 0 Å². The first-order valence-electron chi connectivity index (χ1n) is 5.38. The third kappa shape index (κ3) is 2.87. The molecule has 2 aromatic carbocycles. The van der Waals surface area contributed by atoms with E-state index in [0.29, 0.717) is 4.90 Å². The SMILES string of the molecule is C[C@@H](O)c1ccccc1Sc1ccccc1F. The standard InChI is InChI=1S/C14H13FOS/c1-10(16)11-6-2-4-8-13(11)17-14-9-5-3-7-12(14)15/h2-10,16H,1H3/t10-/m1/s1. The van der Waals surface area contributed by atoms with Gasteiger partial charge in [0.05, 0.1) is 6.10 Å². The van der Waals surface area contributed by atoms with Gasteiger partial charge in [0.15, 0.2) is 0 Å². The van der Waals surface area contributed by atoms with Crippen molar-refractivity contribution in [3.63, 3.8) is 0 Å². The first kappa shape index (κ1) is 12.1. The maximum Gasteiger partial charge on any atom is 0.137 e. The third-order valence-electron chi connectivity index (χ3n) is 2.43. The highest BCUT2D eigenvalue weighted by atomic mass is 32.2.